The van der Waals surface area contributed by atoms with Gasteiger partial charge in [-0.05, 0) is 18.9 Å². The van der Waals surface area contributed by atoms with Crippen LogP contribution in [-0.2, 0) is 5.60 Å². The fraction of sp³-hybridized carbons (Fsp3) is 0.455. The van der Waals surface area contributed by atoms with Gasteiger partial charge in [-0.15, -0.1) is 0 Å². The molecule has 0 saturated heterocycles. The largest absolute Gasteiger partial charge is 0.385 e. The zero-order valence-electron chi connectivity index (χ0n) is 7.76. The second-order valence-corrected chi connectivity index (χ2v) is 4.25. The molecule has 0 atom stereocenters. The van der Waals surface area contributed by atoms with Crippen LogP contribution in [0.25, 0.3) is 0 Å². The Morgan fingerprint density at radius 1 is 1.29 bits per heavy atom. The van der Waals surface area contributed by atoms with Crippen LogP contribution in [0.15, 0.2) is 18.2 Å². The maximum absolute atomic E-state index is 13.6. The molecule has 0 radical (unpaired) electrons. The predicted molar refractivity (Wildman–Crippen MR) is 53.8 cm³/mol. The summed E-state index contributed by atoms with van der Waals surface area (Å²) in [6.45, 7) is 0. The fourth-order valence-electron chi connectivity index (χ4n) is 2.09. The molecule has 0 aromatic heterocycles. The van der Waals surface area contributed by atoms with Crippen molar-refractivity contribution in [3.8, 4) is 0 Å². The molecule has 1 aliphatic rings. The van der Waals surface area contributed by atoms with Crippen LogP contribution >= 0.6 is 11.6 Å². The fourth-order valence-corrected chi connectivity index (χ4v) is 2.27. The van der Waals surface area contributed by atoms with E-state index in [0.717, 1.165) is 12.8 Å². The summed E-state index contributed by atoms with van der Waals surface area (Å²) in [5.41, 5.74) is -0.642. The van der Waals surface area contributed by atoms with Crippen molar-refractivity contribution in [1.29, 1.82) is 0 Å². The lowest BCUT2D eigenvalue weighted by molar-refractivity contribution is 0.0408. The van der Waals surface area contributed by atoms with Gasteiger partial charge in [-0.25, -0.2) is 4.39 Å². The van der Waals surface area contributed by atoms with E-state index < -0.39 is 11.4 Å². The summed E-state index contributed by atoms with van der Waals surface area (Å²) in [6, 6.07) is 4.79. The third kappa shape index (κ3) is 1.53. The van der Waals surface area contributed by atoms with Gasteiger partial charge in [-0.1, -0.05) is 36.6 Å². The summed E-state index contributed by atoms with van der Waals surface area (Å²) in [5, 5.41) is 10.3. The van der Waals surface area contributed by atoms with Crippen molar-refractivity contribution in [2.45, 2.75) is 31.3 Å². The highest BCUT2D eigenvalue weighted by molar-refractivity contribution is 6.30. The van der Waals surface area contributed by atoms with Gasteiger partial charge in [0.1, 0.15) is 5.82 Å². The first-order valence-corrected chi connectivity index (χ1v) is 5.18. The van der Waals surface area contributed by atoms with E-state index in [9.17, 15) is 9.50 Å². The quantitative estimate of drug-likeness (QED) is 0.761. The number of halogens is 2. The SMILES string of the molecule is OC1(c2cccc(Cl)c2F)CCCC1. The first-order chi connectivity index (χ1) is 6.63. The molecule has 0 aliphatic heterocycles. The van der Waals surface area contributed by atoms with Crippen LogP contribution in [0.3, 0.4) is 0 Å². The summed E-state index contributed by atoms with van der Waals surface area (Å²) >= 11 is 5.67. The van der Waals surface area contributed by atoms with E-state index in [-0.39, 0.29) is 5.02 Å². The zero-order valence-corrected chi connectivity index (χ0v) is 8.52. The molecule has 1 aliphatic carbocycles. The summed E-state index contributed by atoms with van der Waals surface area (Å²) in [5.74, 6) is -0.474. The number of aliphatic hydroxyl groups is 1. The lowest BCUT2D eigenvalue weighted by Crippen LogP contribution is -2.22. The highest BCUT2D eigenvalue weighted by Crippen LogP contribution is 2.40. The molecule has 0 heterocycles. The Kier molecular flexibility index (Phi) is 2.50. The molecule has 0 bridgehead atoms. The van der Waals surface area contributed by atoms with Crippen molar-refractivity contribution in [1.82, 2.24) is 0 Å². The van der Waals surface area contributed by atoms with Gasteiger partial charge in [-0.3, -0.25) is 0 Å². The van der Waals surface area contributed by atoms with Crippen molar-refractivity contribution in [3.63, 3.8) is 0 Å². The average molecular weight is 215 g/mol. The average Bonchev–Trinajstić information content (AvgIpc) is 2.58. The van der Waals surface area contributed by atoms with Gasteiger partial charge in [0.05, 0.1) is 10.6 Å². The molecular formula is C11H12ClFO. The highest BCUT2D eigenvalue weighted by atomic mass is 35.5. The third-order valence-electron chi connectivity index (χ3n) is 2.88. The normalized spacial score (nSPS) is 19.9. The van der Waals surface area contributed by atoms with Crippen LogP contribution < -0.4 is 0 Å². The Labute approximate surface area is 87.5 Å². The van der Waals surface area contributed by atoms with E-state index in [1.807, 2.05) is 0 Å². The number of benzene rings is 1. The third-order valence-corrected chi connectivity index (χ3v) is 3.18. The van der Waals surface area contributed by atoms with E-state index in [1.165, 1.54) is 6.07 Å². The van der Waals surface area contributed by atoms with E-state index in [4.69, 9.17) is 11.6 Å². The number of hydrogen-bond acceptors (Lipinski definition) is 1. The summed E-state index contributed by atoms with van der Waals surface area (Å²) in [6.07, 6.45) is 3.15. The summed E-state index contributed by atoms with van der Waals surface area (Å²) in [4.78, 5) is 0. The van der Waals surface area contributed by atoms with E-state index in [2.05, 4.69) is 0 Å². The second kappa shape index (κ2) is 3.52. The van der Waals surface area contributed by atoms with Crippen LogP contribution in [0.4, 0.5) is 4.39 Å². The van der Waals surface area contributed by atoms with Crippen molar-refractivity contribution >= 4 is 11.6 Å². The number of rotatable bonds is 1. The van der Waals surface area contributed by atoms with Crippen LogP contribution in [-0.4, -0.2) is 5.11 Å². The first kappa shape index (κ1) is 9.94. The first-order valence-electron chi connectivity index (χ1n) is 4.80. The van der Waals surface area contributed by atoms with Crippen LogP contribution in [0, 0.1) is 5.82 Å². The van der Waals surface area contributed by atoms with Crippen molar-refractivity contribution < 1.29 is 9.50 Å². The van der Waals surface area contributed by atoms with Gasteiger partial charge in [0.2, 0.25) is 0 Å². The molecule has 2 rings (SSSR count). The molecular weight excluding hydrogens is 203 g/mol. The Hall–Kier alpha value is -0.600. The zero-order chi connectivity index (χ0) is 10.2. The highest BCUT2D eigenvalue weighted by Gasteiger charge is 2.35. The number of hydrogen-bond donors (Lipinski definition) is 1. The predicted octanol–water partition coefficient (Wildman–Crippen LogP) is 3.24. The topological polar surface area (TPSA) is 20.2 Å². The van der Waals surface area contributed by atoms with Gasteiger partial charge in [0.15, 0.2) is 0 Å². The minimum Gasteiger partial charge on any atom is -0.385 e. The molecule has 1 aromatic rings. The Bertz CT molecular complexity index is 345. The molecule has 0 spiro atoms. The molecule has 3 heteroatoms. The molecule has 1 aromatic carbocycles. The Morgan fingerprint density at radius 2 is 1.93 bits per heavy atom. The van der Waals surface area contributed by atoms with Gasteiger partial charge in [0.25, 0.3) is 0 Å². The molecule has 1 fully saturated rings. The minimum absolute atomic E-state index is 0.0859. The maximum Gasteiger partial charge on any atom is 0.147 e. The monoisotopic (exact) mass is 214 g/mol. The summed E-state index contributed by atoms with van der Waals surface area (Å²) in [7, 11) is 0. The van der Waals surface area contributed by atoms with Crippen molar-refractivity contribution in [2.75, 3.05) is 0 Å². The molecule has 1 saturated carbocycles. The second-order valence-electron chi connectivity index (χ2n) is 3.84. The van der Waals surface area contributed by atoms with Crippen LogP contribution in [0.1, 0.15) is 31.2 Å². The van der Waals surface area contributed by atoms with E-state index >= 15 is 0 Å². The molecule has 14 heavy (non-hydrogen) atoms. The van der Waals surface area contributed by atoms with Crippen molar-refractivity contribution in [3.05, 3.63) is 34.6 Å². The van der Waals surface area contributed by atoms with Gasteiger partial charge in [-0.2, -0.15) is 0 Å². The molecule has 0 amide bonds. The van der Waals surface area contributed by atoms with Gasteiger partial charge in [0, 0.05) is 5.56 Å². The summed E-state index contributed by atoms with van der Waals surface area (Å²) < 4.78 is 13.6. The Morgan fingerprint density at radius 3 is 2.57 bits per heavy atom. The van der Waals surface area contributed by atoms with Crippen LogP contribution in [0.5, 0.6) is 0 Å². The maximum atomic E-state index is 13.6. The molecule has 1 N–H and O–H groups in total. The van der Waals surface area contributed by atoms with Crippen molar-refractivity contribution in [2.24, 2.45) is 0 Å². The van der Waals surface area contributed by atoms with Crippen LogP contribution in [0.2, 0.25) is 5.02 Å². The molecule has 0 unspecified atom stereocenters. The van der Waals surface area contributed by atoms with Gasteiger partial charge >= 0.3 is 0 Å². The molecule has 76 valence electrons. The van der Waals surface area contributed by atoms with E-state index in [1.54, 1.807) is 12.1 Å². The lowest BCUT2D eigenvalue weighted by Gasteiger charge is -2.23. The minimum atomic E-state index is -0.991. The van der Waals surface area contributed by atoms with E-state index in [0.29, 0.717) is 18.4 Å². The molecule has 1 nitrogen and oxygen atoms in total. The standard InChI is InChI=1S/C11H12ClFO/c12-9-5-3-4-8(10(9)13)11(14)6-1-2-7-11/h3-5,14H,1-2,6-7H2. The lowest BCUT2D eigenvalue weighted by atomic mass is 9.92. The smallest absolute Gasteiger partial charge is 0.147 e. The Balaban J connectivity index is 2.45. The van der Waals surface area contributed by atoms with Gasteiger partial charge < -0.3 is 5.11 Å².